The van der Waals surface area contributed by atoms with Gasteiger partial charge in [0.15, 0.2) is 22.5 Å². The van der Waals surface area contributed by atoms with Crippen molar-refractivity contribution in [3.05, 3.63) is 71.6 Å². The van der Waals surface area contributed by atoms with Gasteiger partial charge in [0, 0.05) is 12.2 Å². The van der Waals surface area contributed by atoms with Gasteiger partial charge >= 0.3 is 0 Å². The largest absolute Gasteiger partial charge is 0.454 e. The van der Waals surface area contributed by atoms with Crippen LogP contribution in [0.5, 0.6) is 11.5 Å². The minimum atomic E-state index is -0.355. The number of benzene rings is 2. The van der Waals surface area contributed by atoms with Gasteiger partial charge < -0.3 is 14.8 Å². The Labute approximate surface area is 193 Å². The van der Waals surface area contributed by atoms with E-state index in [9.17, 15) is 4.79 Å². The summed E-state index contributed by atoms with van der Waals surface area (Å²) in [5.74, 6) is 2.12. The third-order valence-electron chi connectivity index (χ3n) is 4.94. The number of thioether (sulfide) groups is 1. The molecular weight excluding hydrogens is 444 g/mol. The number of aromatic nitrogens is 3. The summed E-state index contributed by atoms with van der Waals surface area (Å²) in [6.45, 7) is 2.51. The molecule has 1 aliphatic heterocycles. The maximum Gasteiger partial charge on any atom is 0.233 e. The van der Waals surface area contributed by atoms with Gasteiger partial charge in [-0.3, -0.25) is 9.36 Å². The standard InChI is InChI=1S/C23H20N4O3S2/c1-15(22(28)24-13-16-9-10-18-19(12-16)30-14-29-18)32-23-26-25-21(20-8-5-11-31-20)27(23)17-6-3-2-4-7-17/h2-12,15H,13-14H2,1H3,(H,24,28)/t15-/m0/s1. The normalized spacial score (nSPS) is 13.2. The third kappa shape index (κ3) is 4.21. The molecule has 1 aliphatic rings. The van der Waals surface area contributed by atoms with Gasteiger partial charge in [-0.2, -0.15) is 0 Å². The van der Waals surface area contributed by atoms with Gasteiger partial charge in [-0.15, -0.1) is 21.5 Å². The number of hydrogen-bond donors (Lipinski definition) is 1. The number of nitrogens with zero attached hydrogens (tertiary/aromatic N) is 3. The molecule has 9 heteroatoms. The molecule has 4 aromatic rings. The number of carbonyl (C=O) groups is 1. The van der Waals surface area contributed by atoms with Crippen molar-refractivity contribution < 1.29 is 14.3 Å². The van der Waals surface area contributed by atoms with Crippen LogP contribution in [-0.4, -0.2) is 32.7 Å². The van der Waals surface area contributed by atoms with Crippen LogP contribution in [-0.2, 0) is 11.3 Å². The molecule has 1 atom stereocenters. The predicted octanol–water partition coefficient (Wildman–Crippen LogP) is 4.52. The van der Waals surface area contributed by atoms with E-state index >= 15 is 0 Å². The van der Waals surface area contributed by atoms with Gasteiger partial charge in [-0.25, -0.2) is 0 Å². The highest BCUT2D eigenvalue weighted by Crippen LogP contribution is 2.33. The SMILES string of the molecule is C[C@H](Sc1nnc(-c2cccs2)n1-c1ccccc1)C(=O)NCc1ccc2c(c1)OCO2. The van der Waals surface area contributed by atoms with Crippen molar-refractivity contribution in [1.29, 1.82) is 0 Å². The fourth-order valence-corrected chi connectivity index (χ4v) is 4.91. The van der Waals surface area contributed by atoms with E-state index in [-0.39, 0.29) is 18.0 Å². The number of thiophene rings is 1. The van der Waals surface area contributed by atoms with Crippen LogP contribution in [0.1, 0.15) is 12.5 Å². The highest BCUT2D eigenvalue weighted by Gasteiger charge is 2.22. The second-order valence-electron chi connectivity index (χ2n) is 7.12. The third-order valence-corrected chi connectivity index (χ3v) is 6.85. The maximum absolute atomic E-state index is 12.8. The molecule has 0 aliphatic carbocycles. The van der Waals surface area contributed by atoms with Crippen molar-refractivity contribution in [2.45, 2.75) is 23.9 Å². The van der Waals surface area contributed by atoms with Crippen molar-refractivity contribution in [2.24, 2.45) is 0 Å². The first kappa shape index (κ1) is 20.6. The maximum atomic E-state index is 12.8. The van der Waals surface area contributed by atoms with E-state index in [1.165, 1.54) is 11.8 Å². The smallest absolute Gasteiger partial charge is 0.233 e. The summed E-state index contributed by atoms with van der Waals surface area (Å²) in [7, 11) is 0. The van der Waals surface area contributed by atoms with Crippen molar-refractivity contribution >= 4 is 29.0 Å². The quantitative estimate of drug-likeness (QED) is 0.405. The van der Waals surface area contributed by atoms with E-state index in [2.05, 4.69) is 15.5 Å². The number of nitrogens with one attached hydrogen (secondary N) is 1. The van der Waals surface area contributed by atoms with Crippen LogP contribution >= 0.6 is 23.1 Å². The summed E-state index contributed by atoms with van der Waals surface area (Å²) < 4.78 is 12.7. The first-order chi connectivity index (χ1) is 15.7. The lowest BCUT2D eigenvalue weighted by atomic mass is 10.2. The highest BCUT2D eigenvalue weighted by atomic mass is 32.2. The molecule has 3 heterocycles. The van der Waals surface area contributed by atoms with Crippen molar-refractivity contribution in [2.75, 3.05) is 6.79 Å². The second-order valence-corrected chi connectivity index (χ2v) is 9.38. The molecule has 0 saturated heterocycles. The van der Waals surface area contributed by atoms with Crippen LogP contribution in [0.25, 0.3) is 16.4 Å². The van der Waals surface area contributed by atoms with Crippen LogP contribution in [0.15, 0.2) is 71.2 Å². The lowest BCUT2D eigenvalue weighted by Crippen LogP contribution is -2.30. The zero-order valence-corrected chi connectivity index (χ0v) is 18.9. The van der Waals surface area contributed by atoms with Gasteiger partial charge in [-0.1, -0.05) is 42.1 Å². The number of amides is 1. The molecule has 7 nitrogen and oxygen atoms in total. The number of carbonyl (C=O) groups excluding carboxylic acids is 1. The van der Waals surface area contributed by atoms with Crippen LogP contribution in [0.4, 0.5) is 0 Å². The van der Waals surface area contributed by atoms with E-state index in [1.807, 2.05) is 77.5 Å². The van der Waals surface area contributed by atoms with Crippen LogP contribution in [0.2, 0.25) is 0 Å². The average molecular weight is 465 g/mol. The number of fused-ring (bicyclic) bond motifs is 1. The summed E-state index contributed by atoms with van der Waals surface area (Å²) in [4.78, 5) is 13.8. The lowest BCUT2D eigenvalue weighted by molar-refractivity contribution is -0.120. The molecule has 0 saturated carbocycles. The van der Waals surface area contributed by atoms with Crippen LogP contribution in [0.3, 0.4) is 0 Å². The monoisotopic (exact) mass is 464 g/mol. The average Bonchev–Trinajstić information content (AvgIpc) is 3.58. The number of ether oxygens (including phenoxy) is 2. The van der Waals surface area contributed by atoms with Crippen LogP contribution < -0.4 is 14.8 Å². The second kappa shape index (κ2) is 9.05. The predicted molar refractivity (Wildman–Crippen MR) is 124 cm³/mol. The van der Waals surface area contributed by atoms with Crippen molar-refractivity contribution in [3.8, 4) is 27.9 Å². The zero-order chi connectivity index (χ0) is 21.9. The fraction of sp³-hybridized carbons (Fsp3) is 0.174. The molecule has 0 radical (unpaired) electrons. The Morgan fingerprint density at radius 2 is 1.97 bits per heavy atom. The summed E-state index contributed by atoms with van der Waals surface area (Å²) in [5, 5.41) is 14.1. The number of hydrogen-bond acceptors (Lipinski definition) is 7. The molecule has 0 bridgehead atoms. The van der Waals surface area contributed by atoms with Gasteiger partial charge in [0.1, 0.15) is 0 Å². The highest BCUT2D eigenvalue weighted by molar-refractivity contribution is 8.00. The molecule has 0 fully saturated rings. The Morgan fingerprint density at radius 3 is 2.78 bits per heavy atom. The first-order valence-electron chi connectivity index (χ1n) is 10.1. The Kier molecular flexibility index (Phi) is 5.83. The first-order valence-corrected chi connectivity index (χ1v) is 11.8. The van der Waals surface area contributed by atoms with E-state index in [4.69, 9.17) is 9.47 Å². The molecule has 162 valence electrons. The number of para-hydroxylation sites is 1. The summed E-state index contributed by atoms with van der Waals surface area (Å²) in [6, 6.07) is 19.6. The Morgan fingerprint density at radius 1 is 1.12 bits per heavy atom. The molecule has 1 amide bonds. The van der Waals surface area contributed by atoms with E-state index in [1.54, 1.807) is 11.3 Å². The molecule has 0 unspecified atom stereocenters. The molecule has 2 aromatic carbocycles. The van der Waals surface area contributed by atoms with Gasteiger partial charge in [0.05, 0.1) is 10.1 Å². The molecular formula is C23H20N4O3S2. The van der Waals surface area contributed by atoms with Crippen LogP contribution in [0, 0.1) is 0 Å². The molecule has 32 heavy (non-hydrogen) atoms. The minimum Gasteiger partial charge on any atom is -0.454 e. The van der Waals surface area contributed by atoms with Gasteiger partial charge in [0.25, 0.3) is 0 Å². The van der Waals surface area contributed by atoms with Crippen molar-refractivity contribution in [3.63, 3.8) is 0 Å². The van der Waals surface area contributed by atoms with Crippen molar-refractivity contribution in [1.82, 2.24) is 20.1 Å². The Bertz CT molecular complexity index is 1230. The van der Waals surface area contributed by atoms with E-state index < -0.39 is 0 Å². The summed E-state index contributed by atoms with van der Waals surface area (Å²) >= 11 is 2.99. The van der Waals surface area contributed by atoms with E-state index in [0.29, 0.717) is 17.5 Å². The molecule has 0 spiro atoms. The number of rotatable bonds is 7. The summed E-state index contributed by atoms with van der Waals surface area (Å²) in [6.07, 6.45) is 0. The lowest BCUT2D eigenvalue weighted by Gasteiger charge is -2.14. The summed E-state index contributed by atoms with van der Waals surface area (Å²) in [5.41, 5.74) is 1.91. The van der Waals surface area contributed by atoms with Gasteiger partial charge in [-0.05, 0) is 48.2 Å². The zero-order valence-electron chi connectivity index (χ0n) is 17.2. The topological polar surface area (TPSA) is 78.3 Å². The molecule has 5 rings (SSSR count). The van der Waals surface area contributed by atoms with Gasteiger partial charge in [0.2, 0.25) is 12.7 Å². The van der Waals surface area contributed by atoms with E-state index in [0.717, 1.165) is 27.7 Å². The minimum absolute atomic E-state index is 0.0760. The molecule has 1 N–H and O–H groups in total. The Balaban J connectivity index is 1.31. The molecule has 2 aromatic heterocycles. The Hall–Kier alpha value is -3.30. The fourth-order valence-electron chi connectivity index (χ4n) is 3.32.